The molecule has 5 atom stereocenters. The van der Waals surface area contributed by atoms with Crippen LogP contribution in [0.3, 0.4) is 0 Å². The van der Waals surface area contributed by atoms with Crippen molar-refractivity contribution in [1.82, 2.24) is 0 Å². The van der Waals surface area contributed by atoms with Gasteiger partial charge in [-0.3, -0.25) is 0 Å². The van der Waals surface area contributed by atoms with E-state index in [1.165, 1.54) is 44.2 Å². The van der Waals surface area contributed by atoms with Crippen LogP contribution in [-0.4, -0.2) is 63.2 Å². The SMILES string of the molecule is CCOc1ccc(Cc2cc([C@]34OC[C@@](C(C)(C)O)(O3)[C@@H](O)[C@H](O)[C@H]4O)ccc2Cl)c(F)c1F. The average Bonchev–Trinajstić information content (AvgIpc) is 3.18. The van der Waals surface area contributed by atoms with Crippen molar-refractivity contribution in [3.8, 4) is 5.75 Å². The maximum absolute atomic E-state index is 14.7. The molecule has 2 aromatic carbocycles. The number of hydrogen-bond donors (Lipinski definition) is 4. The van der Waals surface area contributed by atoms with Gasteiger partial charge in [0, 0.05) is 17.0 Å². The molecule has 2 bridgehead atoms. The van der Waals surface area contributed by atoms with Gasteiger partial charge in [-0.1, -0.05) is 23.7 Å². The number of ether oxygens (including phenoxy) is 3. The van der Waals surface area contributed by atoms with Crippen molar-refractivity contribution < 1.29 is 43.4 Å². The Labute approximate surface area is 200 Å². The molecular weight excluding hydrogens is 474 g/mol. The van der Waals surface area contributed by atoms with Crippen LogP contribution in [0.2, 0.25) is 5.02 Å². The standard InChI is InChI=1S/C24H27ClF2O7/c1-4-32-16-8-5-12(17(26)18(16)27)9-13-10-14(6-7-15(13)25)24-21(30)19(28)20(29)23(34-24,11-33-24)22(2,3)31/h5-8,10,19-21,28-31H,4,9,11H2,1-3H3/t19-,20-,21+,23+,24-/m0/s1. The molecule has 2 saturated heterocycles. The van der Waals surface area contributed by atoms with Gasteiger partial charge in [0.2, 0.25) is 11.6 Å². The summed E-state index contributed by atoms with van der Waals surface area (Å²) in [6.07, 6.45) is -5.14. The number of aliphatic hydroxyl groups is 4. The highest BCUT2D eigenvalue weighted by molar-refractivity contribution is 6.31. The minimum atomic E-state index is -1.93. The molecule has 0 spiro atoms. The van der Waals surface area contributed by atoms with Crippen molar-refractivity contribution in [2.24, 2.45) is 0 Å². The van der Waals surface area contributed by atoms with Crippen molar-refractivity contribution in [3.63, 3.8) is 0 Å². The van der Waals surface area contributed by atoms with E-state index in [0.29, 0.717) is 5.56 Å². The lowest BCUT2D eigenvalue weighted by Gasteiger charge is -2.50. The van der Waals surface area contributed by atoms with Crippen LogP contribution >= 0.6 is 11.6 Å². The van der Waals surface area contributed by atoms with Crippen LogP contribution in [0.1, 0.15) is 37.5 Å². The molecular formula is C24H27ClF2O7. The zero-order chi connectivity index (χ0) is 25.1. The van der Waals surface area contributed by atoms with Gasteiger partial charge in [0.15, 0.2) is 17.2 Å². The normalized spacial score (nSPS) is 31.1. The van der Waals surface area contributed by atoms with Gasteiger partial charge < -0.3 is 34.6 Å². The second-order valence-corrected chi connectivity index (χ2v) is 9.56. The first-order chi connectivity index (χ1) is 15.9. The van der Waals surface area contributed by atoms with Gasteiger partial charge in [0.1, 0.15) is 18.3 Å². The summed E-state index contributed by atoms with van der Waals surface area (Å²) in [6.45, 7) is 4.32. The maximum Gasteiger partial charge on any atom is 0.225 e. The van der Waals surface area contributed by atoms with E-state index in [-0.39, 0.29) is 41.5 Å². The predicted octanol–water partition coefficient (Wildman–Crippen LogP) is 2.41. The fourth-order valence-corrected chi connectivity index (χ4v) is 4.78. The van der Waals surface area contributed by atoms with Gasteiger partial charge >= 0.3 is 0 Å². The molecule has 7 nitrogen and oxygen atoms in total. The fourth-order valence-electron chi connectivity index (χ4n) is 4.59. The van der Waals surface area contributed by atoms with Crippen LogP contribution in [0, 0.1) is 11.6 Å². The van der Waals surface area contributed by atoms with E-state index < -0.39 is 46.9 Å². The number of benzene rings is 2. The van der Waals surface area contributed by atoms with Crippen molar-refractivity contribution in [1.29, 1.82) is 0 Å². The van der Waals surface area contributed by atoms with Crippen LogP contribution < -0.4 is 4.74 Å². The Morgan fingerprint density at radius 1 is 1.09 bits per heavy atom. The molecule has 34 heavy (non-hydrogen) atoms. The molecule has 0 amide bonds. The van der Waals surface area contributed by atoms with E-state index >= 15 is 0 Å². The van der Waals surface area contributed by atoms with E-state index in [1.807, 2.05) is 0 Å². The van der Waals surface area contributed by atoms with Crippen LogP contribution in [-0.2, 0) is 21.7 Å². The summed E-state index contributed by atoms with van der Waals surface area (Å²) in [6, 6.07) is 7.18. The average molecular weight is 501 g/mol. The molecule has 0 saturated carbocycles. The zero-order valence-corrected chi connectivity index (χ0v) is 19.6. The summed E-state index contributed by atoms with van der Waals surface area (Å²) in [4.78, 5) is 0. The largest absolute Gasteiger partial charge is 0.491 e. The third-order valence-corrected chi connectivity index (χ3v) is 7.01. The van der Waals surface area contributed by atoms with E-state index in [9.17, 15) is 29.2 Å². The Morgan fingerprint density at radius 2 is 1.79 bits per heavy atom. The fraction of sp³-hybridized carbons (Fsp3) is 0.500. The summed E-state index contributed by atoms with van der Waals surface area (Å²) >= 11 is 6.33. The van der Waals surface area contributed by atoms with Gasteiger partial charge in [-0.25, -0.2) is 4.39 Å². The maximum atomic E-state index is 14.7. The molecule has 2 fully saturated rings. The number of hydrogen-bond acceptors (Lipinski definition) is 7. The molecule has 2 aliphatic heterocycles. The monoisotopic (exact) mass is 500 g/mol. The van der Waals surface area contributed by atoms with Crippen LogP contribution in [0.5, 0.6) is 5.75 Å². The topological polar surface area (TPSA) is 109 Å². The summed E-state index contributed by atoms with van der Waals surface area (Å²) in [5.41, 5.74) is -2.75. The molecule has 0 aromatic heterocycles. The molecule has 0 radical (unpaired) electrons. The number of halogens is 3. The summed E-state index contributed by atoms with van der Waals surface area (Å²) in [7, 11) is 0. The van der Waals surface area contributed by atoms with E-state index in [1.54, 1.807) is 6.92 Å². The first-order valence-corrected chi connectivity index (χ1v) is 11.2. The van der Waals surface area contributed by atoms with Crippen molar-refractivity contribution in [3.05, 3.63) is 63.7 Å². The first-order valence-electron chi connectivity index (χ1n) is 10.9. The van der Waals surface area contributed by atoms with Crippen LogP contribution in [0.4, 0.5) is 8.78 Å². The van der Waals surface area contributed by atoms with Crippen LogP contribution in [0.25, 0.3) is 0 Å². The smallest absolute Gasteiger partial charge is 0.225 e. The van der Waals surface area contributed by atoms with Crippen LogP contribution in [0.15, 0.2) is 30.3 Å². The van der Waals surface area contributed by atoms with Gasteiger partial charge in [0.25, 0.3) is 0 Å². The summed E-state index contributed by atoms with van der Waals surface area (Å²) in [5, 5.41) is 43.0. The molecule has 4 rings (SSSR count). The molecule has 2 heterocycles. The summed E-state index contributed by atoms with van der Waals surface area (Å²) < 4.78 is 45.9. The van der Waals surface area contributed by atoms with Crippen molar-refractivity contribution in [2.75, 3.05) is 13.2 Å². The zero-order valence-electron chi connectivity index (χ0n) is 18.9. The Kier molecular flexibility index (Phi) is 6.44. The molecule has 4 N–H and O–H groups in total. The lowest BCUT2D eigenvalue weighted by Crippen LogP contribution is -2.70. The quantitative estimate of drug-likeness (QED) is 0.482. The highest BCUT2D eigenvalue weighted by atomic mass is 35.5. The molecule has 2 aromatic rings. The highest BCUT2D eigenvalue weighted by Crippen LogP contribution is 2.53. The van der Waals surface area contributed by atoms with E-state index in [0.717, 1.165) is 0 Å². The Morgan fingerprint density at radius 3 is 2.44 bits per heavy atom. The molecule has 0 unspecified atom stereocenters. The second-order valence-electron chi connectivity index (χ2n) is 9.15. The van der Waals surface area contributed by atoms with Crippen molar-refractivity contribution >= 4 is 11.6 Å². The van der Waals surface area contributed by atoms with Crippen molar-refractivity contribution in [2.45, 2.75) is 62.5 Å². The summed E-state index contributed by atoms with van der Waals surface area (Å²) in [5.74, 6) is -4.31. The second kappa shape index (κ2) is 8.67. The minimum Gasteiger partial charge on any atom is -0.491 e. The molecule has 10 heteroatoms. The Bertz CT molecular complexity index is 1090. The van der Waals surface area contributed by atoms with Gasteiger partial charge in [0.05, 0.1) is 18.8 Å². The highest BCUT2D eigenvalue weighted by Gasteiger charge is 2.71. The van der Waals surface area contributed by atoms with Gasteiger partial charge in [-0.2, -0.15) is 4.39 Å². The van der Waals surface area contributed by atoms with E-state index in [2.05, 4.69) is 0 Å². The number of rotatable bonds is 6. The Balaban J connectivity index is 1.74. The minimum absolute atomic E-state index is 0.0243. The number of fused-ring (bicyclic) bond motifs is 2. The predicted molar refractivity (Wildman–Crippen MR) is 118 cm³/mol. The van der Waals surface area contributed by atoms with E-state index in [4.69, 9.17) is 25.8 Å². The molecule has 186 valence electrons. The Hall–Kier alpha value is -1.85. The van der Waals surface area contributed by atoms with Gasteiger partial charge in [-0.15, -0.1) is 0 Å². The molecule has 2 aliphatic rings. The lowest BCUT2D eigenvalue weighted by molar-refractivity contribution is -0.348. The molecule has 0 aliphatic carbocycles. The third-order valence-electron chi connectivity index (χ3n) is 6.64. The lowest BCUT2D eigenvalue weighted by atomic mass is 9.75. The van der Waals surface area contributed by atoms with Gasteiger partial charge in [-0.05, 0) is 50.1 Å². The third kappa shape index (κ3) is 3.71. The first kappa shape index (κ1) is 25.2. The number of aliphatic hydroxyl groups excluding tert-OH is 3.